The van der Waals surface area contributed by atoms with E-state index in [9.17, 15) is 9.59 Å². The summed E-state index contributed by atoms with van der Waals surface area (Å²) in [5.74, 6) is 0.0672. The summed E-state index contributed by atoms with van der Waals surface area (Å²) in [4.78, 5) is 25.5. The number of nitrogens with zero attached hydrogens (tertiary/aromatic N) is 1. The van der Waals surface area contributed by atoms with Gasteiger partial charge in [-0.05, 0) is 54.7 Å². The van der Waals surface area contributed by atoms with E-state index >= 15 is 0 Å². The van der Waals surface area contributed by atoms with E-state index < -0.39 is 0 Å². The first-order valence-electron chi connectivity index (χ1n) is 8.46. The summed E-state index contributed by atoms with van der Waals surface area (Å²) in [6.45, 7) is 6.73. The Hall–Kier alpha value is -2.82. The molecule has 0 radical (unpaired) electrons. The summed E-state index contributed by atoms with van der Waals surface area (Å²) in [6.07, 6.45) is 0.859. The minimum atomic E-state index is -0.223. The van der Waals surface area contributed by atoms with Crippen LogP contribution < -0.4 is 15.5 Å². The van der Waals surface area contributed by atoms with Crippen LogP contribution in [0.3, 0.4) is 0 Å². The van der Waals surface area contributed by atoms with Crippen molar-refractivity contribution < 1.29 is 9.59 Å². The topological polar surface area (TPSA) is 61.4 Å². The third-order valence-corrected chi connectivity index (χ3v) is 4.51. The smallest absolute Gasteiger partial charge is 0.319 e. The van der Waals surface area contributed by atoms with Gasteiger partial charge in [0.05, 0.1) is 0 Å². The average Bonchev–Trinajstić information content (AvgIpc) is 2.99. The van der Waals surface area contributed by atoms with Crippen molar-refractivity contribution in [3.63, 3.8) is 0 Å². The zero-order chi connectivity index (χ0) is 18.0. The zero-order valence-electron chi connectivity index (χ0n) is 14.8. The van der Waals surface area contributed by atoms with Gasteiger partial charge in [0, 0.05) is 31.4 Å². The number of amides is 3. The lowest BCUT2D eigenvalue weighted by atomic mass is 10.1. The van der Waals surface area contributed by atoms with Crippen molar-refractivity contribution in [2.45, 2.75) is 33.7 Å². The van der Waals surface area contributed by atoms with Crippen LogP contribution in [0.15, 0.2) is 36.4 Å². The quantitative estimate of drug-likeness (QED) is 0.900. The zero-order valence-corrected chi connectivity index (χ0v) is 14.8. The van der Waals surface area contributed by atoms with E-state index in [0.29, 0.717) is 6.54 Å². The summed E-state index contributed by atoms with van der Waals surface area (Å²) >= 11 is 0. The number of carbonyl (C=O) groups excluding carboxylic acids is 2. The summed E-state index contributed by atoms with van der Waals surface area (Å²) < 4.78 is 0. The van der Waals surface area contributed by atoms with E-state index in [0.717, 1.165) is 46.6 Å². The second-order valence-electron chi connectivity index (χ2n) is 6.51. The van der Waals surface area contributed by atoms with E-state index in [1.54, 1.807) is 11.8 Å². The van der Waals surface area contributed by atoms with Crippen molar-refractivity contribution in [2.24, 2.45) is 0 Å². The highest BCUT2D eigenvalue weighted by Gasteiger charge is 2.22. The summed E-state index contributed by atoms with van der Waals surface area (Å²) in [7, 11) is 0. The number of hydrogen-bond donors (Lipinski definition) is 2. The Balaban J connectivity index is 1.61. The number of nitrogens with one attached hydrogen (secondary N) is 2. The lowest BCUT2D eigenvalue weighted by Crippen LogP contribution is -2.28. The van der Waals surface area contributed by atoms with Crippen molar-refractivity contribution in [1.82, 2.24) is 5.32 Å². The molecule has 130 valence electrons. The van der Waals surface area contributed by atoms with Crippen molar-refractivity contribution in [3.05, 3.63) is 58.7 Å². The van der Waals surface area contributed by atoms with Crippen LogP contribution in [0.5, 0.6) is 0 Å². The fourth-order valence-electron chi connectivity index (χ4n) is 3.11. The van der Waals surface area contributed by atoms with Crippen LogP contribution in [0.2, 0.25) is 0 Å². The number of carbonyl (C=O) groups is 2. The van der Waals surface area contributed by atoms with E-state index in [2.05, 4.69) is 16.7 Å². The molecule has 0 fully saturated rings. The molecule has 0 bridgehead atoms. The molecule has 0 aromatic heterocycles. The maximum Gasteiger partial charge on any atom is 0.319 e. The van der Waals surface area contributed by atoms with Gasteiger partial charge in [-0.25, -0.2) is 4.79 Å². The lowest BCUT2D eigenvalue weighted by molar-refractivity contribution is -0.116. The van der Waals surface area contributed by atoms with Gasteiger partial charge in [-0.15, -0.1) is 0 Å². The molecule has 0 aliphatic carbocycles. The van der Waals surface area contributed by atoms with Crippen LogP contribution in [-0.4, -0.2) is 18.5 Å². The monoisotopic (exact) mass is 337 g/mol. The molecule has 0 spiro atoms. The first kappa shape index (κ1) is 17.0. The van der Waals surface area contributed by atoms with Crippen molar-refractivity contribution in [2.75, 3.05) is 16.8 Å². The molecule has 0 saturated heterocycles. The first-order valence-corrected chi connectivity index (χ1v) is 8.46. The Morgan fingerprint density at radius 3 is 2.68 bits per heavy atom. The fraction of sp³-hybridized carbons (Fsp3) is 0.300. The molecule has 2 N–H and O–H groups in total. The average molecular weight is 337 g/mol. The minimum Gasteiger partial charge on any atom is -0.334 e. The predicted octanol–water partition coefficient (Wildman–Crippen LogP) is 3.53. The second-order valence-corrected chi connectivity index (χ2v) is 6.51. The molecule has 3 amide bonds. The normalized spacial score (nSPS) is 12.7. The van der Waals surface area contributed by atoms with Gasteiger partial charge in [0.25, 0.3) is 0 Å². The minimum absolute atomic E-state index is 0.0672. The Kier molecular flexibility index (Phi) is 4.74. The van der Waals surface area contributed by atoms with Crippen LogP contribution in [-0.2, 0) is 17.8 Å². The molecule has 0 atom stereocenters. The van der Waals surface area contributed by atoms with Crippen molar-refractivity contribution >= 4 is 23.3 Å². The van der Waals surface area contributed by atoms with Gasteiger partial charge >= 0.3 is 6.03 Å². The van der Waals surface area contributed by atoms with E-state index in [1.807, 2.05) is 44.2 Å². The Labute approximate surface area is 148 Å². The molecule has 0 saturated carbocycles. The summed E-state index contributed by atoms with van der Waals surface area (Å²) in [6, 6.07) is 11.7. The standard InChI is InChI=1S/C20H23N3O2/c1-13-4-5-14(2)18(10-13)22-20(25)21-12-16-6-7-19-17(11-16)8-9-23(19)15(3)24/h4-7,10-11H,8-9,12H2,1-3H3,(H2,21,22,25). The highest BCUT2D eigenvalue weighted by atomic mass is 16.2. The largest absolute Gasteiger partial charge is 0.334 e. The van der Waals surface area contributed by atoms with Crippen LogP contribution >= 0.6 is 0 Å². The van der Waals surface area contributed by atoms with Crippen LogP contribution in [0.4, 0.5) is 16.2 Å². The van der Waals surface area contributed by atoms with E-state index in [1.165, 1.54) is 0 Å². The maximum absolute atomic E-state index is 12.1. The Morgan fingerprint density at radius 2 is 1.92 bits per heavy atom. The lowest BCUT2D eigenvalue weighted by Gasteiger charge is -2.15. The van der Waals surface area contributed by atoms with E-state index in [4.69, 9.17) is 0 Å². The van der Waals surface area contributed by atoms with Crippen LogP contribution in [0.1, 0.15) is 29.2 Å². The van der Waals surface area contributed by atoms with Gasteiger partial charge in [0.1, 0.15) is 0 Å². The number of anilines is 2. The number of hydrogen-bond acceptors (Lipinski definition) is 2. The first-order chi connectivity index (χ1) is 11.9. The highest BCUT2D eigenvalue weighted by Crippen LogP contribution is 2.28. The maximum atomic E-state index is 12.1. The third-order valence-electron chi connectivity index (χ3n) is 4.51. The van der Waals surface area contributed by atoms with Crippen LogP contribution in [0.25, 0.3) is 0 Å². The van der Waals surface area contributed by atoms with Crippen molar-refractivity contribution in [1.29, 1.82) is 0 Å². The molecular weight excluding hydrogens is 314 g/mol. The molecule has 5 nitrogen and oxygen atoms in total. The molecule has 3 rings (SSSR count). The van der Waals surface area contributed by atoms with Gasteiger partial charge < -0.3 is 15.5 Å². The molecule has 0 unspecified atom stereocenters. The second kappa shape index (κ2) is 6.97. The number of aryl methyl sites for hydroxylation is 2. The summed E-state index contributed by atoms with van der Waals surface area (Å²) in [5.41, 5.74) is 6.13. The summed E-state index contributed by atoms with van der Waals surface area (Å²) in [5, 5.41) is 5.78. The number of rotatable bonds is 3. The SMILES string of the molecule is CC(=O)N1CCc2cc(CNC(=O)Nc3cc(C)ccc3C)ccc21. The van der Waals surface area contributed by atoms with Gasteiger partial charge in [-0.1, -0.05) is 24.3 Å². The molecule has 1 aliphatic heterocycles. The predicted molar refractivity (Wildman–Crippen MR) is 99.9 cm³/mol. The van der Waals surface area contributed by atoms with Gasteiger partial charge in [-0.3, -0.25) is 4.79 Å². The molecular formula is C20H23N3O2. The number of urea groups is 1. The molecule has 1 aliphatic rings. The molecule has 2 aromatic carbocycles. The van der Waals surface area contributed by atoms with Gasteiger partial charge in [-0.2, -0.15) is 0 Å². The Bertz CT molecular complexity index is 830. The van der Waals surface area contributed by atoms with Crippen molar-refractivity contribution in [3.8, 4) is 0 Å². The van der Waals surface area contributed by atoms with Gasteiger partial charge in [0.15, 0.2) is 0 Å². The molecule has 5 heteroatoms. The Morgan fingerprint density at radius 1 is 1.12 bits per heavy atom. The van der Waals surface area contributed by atoms with E-state index in [-0.39, 0.29) is 11.9 Å². The highest BCUT2D eigenvalue weighted by molar-refractivity contribution is 5.94. The number of fused-ring (bicyclic) bond motifs is 1. The molecule has 1 heterocycles. The van der Waals surface area contributed by atoms with Gasteiger partial charge in [0.2, 0.25) is 5.91 Å². The molecule has 25 heavy (non-hydrogen) atoms. The van der Waals surface area contributed by atoms with Crippen LogP contribution in [0, 0.1) is 13.8 Å². The fourth-order valence-corrected chi connectivity index (χ4v) is 3.11. The molecule has 2 aromatic rings. The third kappa shape index (κ3) is 3.82. The number of benzene rings is 2.